The number of aliphatic hydroxyl groups is 1. The lowest BCUT2D eigenvalue weighted by atomic mass is 10.0. The smallest absolute Gasteiger partial charge is 0.228 e. The zero-order valence-corrected chi connectivity index (χ0v) is 14.4. The van der Waals surface area contributed by atoms with Crippen molar-refractivity contribution in [3.63, 3.8) is 0 Å². The Balaban J connectivity index is 2.32. The molecular weight excluding hydrogens is 376 g/mol. The molecule has 2 atom stereocenters. The summed E-state index contributed by atoms with van der Waals surface area (Å²) in [4.78, 5) is 0. The molecule has 0 saturated carbocycles. The first-order chi connectivity index (χ1) is 9.73. The predicted molar refractivity (Wildman–Crippen MR) is 89.2 cm³/mol. The standard InChI is InChI=1S/C15H14BrClO3S/c1-21(19,20)15(16,17)14(18)13-9-7-12(8-10-13)11-5-3-2-4-6-11/h2-10,14,18H,1H3/t14-,15-/m0/s1. The summed E-state index contributed by atoms with van der Waals surface area (Å²) < 4.78 is 21.3. The van der Waals surface area contributed by atoms with Crippen LogP contribution >= 0.6 is 27.5 Å². The summed E-state index contributed by atoms with van der Waals surface area (Å²) in [6.07, 6.45) is -0.407. The molecule has 2 aromatic rings. The molecule has 112 valence electrons. The molecule has 21 heavy (non-hydrogen) atoms. The molecule has 0 heterocycles. The van der Waals surface area contributed by atoms with Crippen molar-refractivity contribution >= 4 is 37.4 Å². The van der Waals surface area contributed by atoms with Crippen molar-refractivity contribution in [2.24, 2.45) is 0 Å². The average molecular weight is 390 g/mol. The number of hydrogen-bond donors (Lipinski definition) is 1. The van der Waals surface area contributed by atoms with Crippen molar-refractivity contribution in [3.05, 3.63) is 60.2 Å². The third-order valence-corrected chi connectivity index (χ3v) is 7.60. The van der Waals surface area contributed by atoms with E-state index in [0.717, 1.165) is 17.4 Å². The Morgan fingerprint density at radius 2 is 1.52 bits per heavy atom. The second-order valence-electron chi connectivity index (χ2n) is 4.72. The number of benzene rings is 2. The fourth-order valence-electron chi connectivity index (χ4n) is 1.89. The van der Waals surface area contributed by atoms with Crippen molar-refractivity contribution in [3.8, 4) is 11.1 Å². The SMILES string of the molecule is CS(=O)(=O)[C@](Cl)(Br)[C@@H](O)c1ccc(-c2ccccc2)cc1. The third-order valence-electron chi connectivity index (χ3n) is 3.15. The highest BCUT2D eigenvalue weighted by atomic mass is 79.9. The number of aliphatic hydroxyl groups excluding tert-OH is 1. The fraction of sp³-hybridized carbons (Fsp3) is 0.200. The second-order valence-corrected chi connectivity index (χ2v) is 9.97. The van der Waals surface area contributed by atoms with Gasteiger partial charge in [-0.3, -0.25) is 0 Å². The molecular formula is C15H14BrClO3S. The highest BCUT2D eigenvalue weighted by molar-refractivity contribution is 9.12. The van der Waals surface area contributed by atoms with Gasteiger partial charge in [0.25, 0.3) is 0 Å². The monoisotopic (exact) mass is 388 g/mol. The summed E-state index contributed by atoms with van der Waals surface area (Å²) in [6, 6.07) is 16.7. The van der Waals surface area contributed by atoms with Gasteiger partial charge < -0.3 is 5.11 Å². The van der Waals surface area contributed by atoms with E-state index in [2.05, 4.69) is 15.9 Å². The lowest BCUT2D eigenvalue weighted by Gasteiger charge is -2.24. The number of rotatable bonds is 4. The van der Waals surface area contributed by atoms with Gasteiger partial charge in [-0.1, -0.05) is 66.2 Å². The molecule has 1 N–H and O–H groups in total. The minimum absolute atomic E-state index is 0.423. The minimum atomic E-state index is -3.68. The molecule has 0 saturated heterocycles. The van der Waals surface area contributed by atoms with Gasteiger partial charge in [-0.2, -0.15) is 0 Å². The van der Waals surface area contributed by atoms with Gasteiger partial charge in [0.05, 0.1) is 0 Å². The molecule has 0 aliphatic rings. The van der Waals surface area contributed by atoms with Gasteiger partial charge in [-0.15, -0.1) is 0 Å². The molecule has 0 bridgehead atoms. The lowest BCUT2D eigenvalue weighted by molar-refractivity contribution is 0.185. The van der Waals surface area contributed by atoms with Crippen LogP contribution in [0.15, 0.2) is 54.6 Å². The van der Waals surface area contributed by atoms with Gasteiger partial charge in [0.15, 0.2) is 9.84 Å². The Morgan fingerprint density at radius 3 is 2.00 bits per heavy atom. The largest absolute Gasteiger partial charge is 0.385 e. The van der Waals surface area contributed by atoms with Gasteiger partial charge in [0.2, 0.25) is 3.12 Å². The van der Waals surface area contributed by atoms with Crippen molar-refractivity contribution in [1.82, 2.24) is 0 Å². The molecule has 2 aromatic carbocycles. The maximum Gasteiger partial charge on any atom is 0.228 e. The Morgan fingerprint density at radius 1 is 1.05 bits per heavy atom. The number of halogens is 2. The average Bonchev–Trinajstić information content (AvgIpc) is 2.46. The Bertz CT molecular complexity index is 712. The van der Waals surface area contributed by atoms with E-state index in [-0.39, 0.29) is 0 Å². The number of hydrogen-bond acceptors (Lipinski definition) is 3. The second kappa shape index (κ2) is 6.08. The van der Waals surface area contributed by atoms with Crippen LogP contribution in [0.3, 0.4) is 0 Å². The van der Waals surface area contributed by atoms with E-state index in [9.17, 15) is 13.5 Å². The molecule has 0 aliphatic heterocycles. The van der Waals surface area contributed by atoms with E-state index < -0.39 is 19.1 Å². The van der Waals surface area contributed by atoms with E-state index in [4.69, 9.17) is 11.6 Å². The maximum atomic E-state index is 11.6. The van der Waals surface area contributed by atoms with E-state index >= 15 is 0 Å². The highest BCUT2D eigenvalue weighted by Crippen LogP contribution is 2.42. The summed E-state index contributed by atoms with van der Waals surface area (Å²) in [5.74, 6) is 0. The van der Waals surface area contributed by atoms with Gasteiger partial charge in [-0.25, -0.2) is 8.42 Å². The molecule has 0 fully saturated rings. The molecule has 0 aromatic heterocycles. The first kappa shape index (κ1) is 16.5. The summed E-state index contributed by atoms with van der Waals surface area (Å²) in [7, 11) is -3.68. The summed E-state index contributed by atoms with van der Waals surface area (Å²) in [6.45, 7) is 0. The fourth-order valence-corrected chi connectivity index (χ4v) is 2.82. The topological polar surface area (TPSA) is 54.4 Å². The van der Waals surface area contributed by atoms with E-state index in [1.807, 2.05) is 42.5 Å². The van der Waals surface area contributed by atoms with Crippen LogP contribution in [0.5, 0.6) is 0 Å². The summed E-state index contributed by atoms with van der Waals surface area (Å²) >= 11 is 8.83. The van der Waals surface area contributed by atoms with Gasteiger partial charge >= 0.3 is 0 Å². The third kappa shape index (κ3) is 3.48. The van der Waals surface area contributed by atoms with Crippen LogP contribution < -0.4 is 0 Å². The van der Waals surface area contributed by atoms with Crippen LogP contribution in [0.4, 0.5) is 0 Å². The normalized spacial score (nSPS) is 16.2. The van der Waals surface area contributed by atoms with Crippen molar-refractivity contribution < 1.29 is 13.5 Å². The Labute approximate surface area is 137 Å². The van der Waals surface area contributed by atoms with E-state index in [1.54, 1.807) is 12.1 Å². The molecule has 0 aliphatic carbocycles. The first-order valence-corrected chi connectivity index (χ1v) is 9.20. The lowest BCUT2D eigenvalue weighted by Crippen LogP contribution is -2.32. The van der Waals surface area contributed by atoms with Gasteiger partial charge in [0.1, 0.15) is 6.10 Å². The number of sulfone groups is 1. The molecule has 0 radical (unpaired) electrons. The van der Waals surface area contributed by atoms with Crippen LogP contribution in [0, 0.1) is 0 Å². The molecule has 2 rings (SSSR count). The quantitative estimate of drug-likeness (QED) is 0.811. The van der Waals surface area contributed by atoms with Crippen LogP contribution in [0.25, 0.3) is 11.1 Å². The number of alkyl halides is 2. The minimum Gasteiger partial charge on any atom is -0.385 e. The van der Waals surface area contributed by atoms with Crippen molar-refractivity contribution in [1.29, 1.82) is 0 Å². The molecule has 3 nitrogen and oxygen atoms in total. The molecule has 0 unspecified atom stereocenters. The Kier molecular flexibility index (Phi) is 4.78. The zero-order valence-electron chi connectivity index (χ0n) is 11.2. The first-order valence-electron chi connectivity index (χ1n) is 6.14. The molecule has 6 heteroatoms. The molecule has 0 spiro atoms. The van der Waals surface area contributed by atoms with Gasteiger partial charge in [0, 0.05) is 6.26 Å². The highest BCUT2D eigenvalue weighted by Gasteiger charge is 2.44. The van der Waals surface area contributed by atoms with Crippen LogP contribution in [-0.4, -0.2) is 22.9 Å². The van der Waals surface area contributed by atoms with Crippen LogP contribution in [0.2, 0.25) is 0 Å². The zero-order chi connectivity index (χ0) is 15.7. The maximum absolute atomic E-state index is 11.6. The molecule has 0 amide bonds. The summed E-state index contributed by atoms with van der Waals surface area (Å²) in [5.41, 5.74) is 2.44. The summed E-state index contributed by atoms with van der Waals surface area (Å²) in [5, 5.41) is 10.2. The van der Waals surface area contributed by atoms with E-state index in [1.165, 1.54) is 0 Å². The van der Waals surface area contributed by atoms with Crippen molar-refractivity contribution in [2.75, 3.05) is 6.26 Å². The van der Waals surface area contributed by atoms with Gasteiger partial charge in [-0.05, 0) is 32.6 Å². The predicted octanol–water partition coefficient (Wildman–Crippen LogP) is 3.72. The van der Waals surface area contributed by atoms with Crippen molar-refractivity contribution in [2.45, 2.75) is 9.22 Å². The van der Waals surface area contributed by atoms with Crippen LogP contribution in [0.1, 0.15) is 11.7 Å². The van der Waals surface area contributed by atoms with Crippen LogP contribution in [-0.2, 0) is 9.84 Å². The van der Waals surface area contributed by atoms with E-state index in [0.29, 0.717) is 5.56 Å². The Hall–Kier alpha value is -0.880.